The van der Waals surface area contributed by atoms with Crippen molar-refractivity contribution in [2.45, 2.75) is 114 Å². The summed E-state index contributed by atoms with van der Waals surface area (Å²) in [5, 5.41) is 13.1. The second-order valence-electron chi connectivity index (χ2n) is 18.5. The molecule has 3 aliphatic carbocycles. The monoisotopic (exact) mass is 830 g/mol. The van der Waals surface area contributed by atoms with Gasteiger partial charge in [0.2, 0.25) is 29.5 Å². The Labute approximate surface area is 355 Å². The van der Waals surface area contributed by atoms with Gasteiger partial charge in [-0.1, -0.05) is 75.9 Å². The molecule has 3 fully saturated rings. The van der Waals surface area contributed by atoms with Gasteiger partial charge in [0.05, 0.1) is 24.6 Å². The number of likely N-dealkylation sites (N-methyl/N-ethyl adjacent to an activating group) is 1. The molecule has 5 unspecified atom stereocenters. The molecule has 13 heteroatoms. The fraction of sp³-hybridized carbons (Fsp3) is 0.630. The molecule has 5 aliphatic rings. The zero-order valence-electron chi connectivity index (χ0n) is 35.9. The molecular formula is C46H66N6O6S. The van der Waals surface area contributed by atoms with Crippen molar-refractivity contribution in [3.63, 3.8) is 0 Å². The number of aryl methyl sites for hydroxylation is 1. The van der Waals surface area contributed by atoms with Gasteiger partial charge in [0.25, 0.3) is 0 Å². The molecule has 12 nitrogen and oxygen atoms in total. The van der Waals surface area contributed by atoms with Gasteiger partial charge >= 0.3 is 0 Å². The summed E-state index contributed by atoms with van der Waals surface area (Å²) in [7, 11) is 3.55. The highest BCUT2D eigenvalue weighted by molar-refractivity contribution is 7.98. The Morgan fingerprint density at radius 3 is 2.51 bits per heavy atom. The van der Waals surface area contributed by atoms with Crippen molar-refractivity contribution in [2.24, 2.45) is 23.2 Å². The summed E-state index contributed by atoms with van der Waals surface area (Å²) in [5.74, 6) is 0.132. The Kier molecular flexibility index (Phi) is 14.5. The minimum absolute atomic E-state index is 0.00794. The molecule has 5 amide bonds. The average Bonchev–Trinajstić information content (AvgIpc) is 3.41. The molecule has 0 radical (unpaired) electrons. The van der Waals surface area contributed by atoms with E-state index in [0.29, 0.717) is 43.6 Å². The van der Waals surface area contributed by atoms with Gasteiger partial charge in [0.15, 0.2) is 0 Å². The van der Waals surface area contributed by atoms with Gasteiger partial charge in [-0.2, -0.15) is 11.8 Å². The lowest BCUT2D eigenvalue weighted by Crippen LogP contribution is -2.59. The minimum atomic E-state index is -0.884. The Balaban J connectivity index is 1.16. The van der Waals surface area contributed by atoms with Crippen molar-refractivity contribution in [2.75, 3.05) is 45.8 Å². The zero-order valence-corrected chi connectivity index (χ0v) is 36.7. The number of hydrogen-bond donors (Lipinski definition) is 4. The van der Waals surface area contributed by atoms with Crippen LogP contribution in [-0.4, -0.2) is 121 Å². The summed E-state index contributed by atoms with van der Waals surface area (Å²) >= 11 is 1.61. The molecule has 2 heterocycles. The van der Waals surface area contributed by atoms with Crippen molar-refractivity contribution in [3.8, 4) is 0 Å². The molecule has 59 heavy (non-hydrogen) atoms. The first-order valence-electron chi connectivity index (χ1n) is 21.5. The van der Waals surface area contributed by atoms with Crippen molar-refractivity contribution in [1.82, 2.24) is 31.1 Å². The van der Waals surface area contributed by atoms with Crippen LogP contribution in [-0.2, 0) is 41.6 Å². The van der Waals surface area contributed by atoms with Gasteiger partial charge in [-0.05, 0) is 85.3 Å². The Morgan fingerprint density at radius 1 is 1.10 bits per heavy atom. The third-order valence-corrected chi connectivity index (χ3v) is 13.7. The zero-order chi connectivity index (χ0) is 42.5. The second kappa shape index (κ2) is 19.2. The number of fused-ring (bicyclic) bond motifs is 5. The van der Waals surface area contributed by atoms with Crippen LogP contribution in [0.5, 0.6) is 0 Å². The van der Waals surface area contributed by atoms with Crippen LogP contribution in [0.15, 0.2) is 60.7 Å². The average molecular weight is 831 g/mol. The maximum atomic E-state index is 14.5. The summed E-state index contributed by atoms with van der Waals surface area (Å²) in [4.78, 5) is 73.1. The van der Waals surface area contributed by atoms with Gasteiger partial charge in [-0.3, -0.25) is 29.3 Å². The third kappa shape index (κ3) is 10.5. The lowest BCUT2D eigenvalue weighted by molar-refractivity contribution is -0.144. The molecule has 322 valence electrons. The number of allylic oxidation sites excluding steroid dienone is 3. The van der Waals surface area contributed by atoms with Crippen molar-refractivity contribution < 1.29 is 28.7 Å². The summed E-state index contributed by atoms with van der Waals surface area (Å²) in [6, 6.07) is 5.17. The standard InChI is InChI=1S/C46H66N6O6S/c1-29(41(54)47-28-46(34-19-20-35(34)46)50-39(43(56)51(5)6)32-17-9-8-10-18-32)36(21-23-59-7)48-42(55)37-26-33-27-52(37)44(57)40(45(2,3)4)49-38(53)25-31-16-13-15-30(24-31)14-11-12-22-58-33/h8-10,13,15-17,24,32-37,39-40,50H,1,11-12,14,18-23,25-28H2,2-7H3,(H,47,54)(H,48,55)(H,49,53)/t32?,33-,34?,35?,36?,37+,39?,40-,46?/m1/s1. The first kappa shape index (κ1) is 44.6. The number of carbonyl (C=O) groups excluding carboxylic acids is 5. The van der Waals surface area contributed by atoms with E-state index in [1.807, 2.05) is 51.3 Å². The Bertz CT molecular complexity index is 1800. The molecule has 0 spiro atoms. The van der Waals surface area contributed by atoms with Crippen LogP contribution in [0.3, 0.4) is 0 Å². The van der Waals surface area contributed by atoms with Gasteiger partial charge < -0.3 is 30.5 Å². The van der Waals surface area contributed by atoms with E-state index in [1.165, 1.54) is 0 Å². The number of hydrogen-bond acceptors (Lipinski definition) is 8. The third-order valence-electron chi connectivity index (χ3n) is 13.1. The molecule has 4 bridgehead atoms. The number of nitrogens with zero attached hydrogens (tertiary/aromatic N) is 2. The van der Waals surface area contributed by atoms with Gasteiger partial charge in [0.1, 0.15) is 12.1 Å². The highest BCUT2D eigenvalue weighted by atomic mass is 32.2. The smallest absolute Gasteiger partial charge is 0.248 e. The van der Waals surface area contributed by atoms with E-state index >= 15 is 0 Å². The SMILES string of the molecule is C=C(C(=O)NCC1(NC(C(=O)N(C)C)C2C=CC=CC2)C2CCC21)C(CCSC)NC(=O)[C@@H]1C[C@@H]2CN1C(=O)[C@H](C(C)(C)C)NC(=O)Cc1cccc(c1)CCCCO2. The maximum absolute atomic E-state index is 14.5. The number of thioether (sulfide) groups is 1. The molecular weight excluding hydrogens is 765 g/mol. The quantitative estimate of drug-likeness (QED) is 0.219. The first-order chi connectivity index (χ1) is 28.1. The van der Waals surface area contributed by atoms with E-state index in [-0.39, 0.29) is 65.6 Å². The van der Waals surface area contributed by atoms with E-state index in [4.69, 9.17) is 4.74 Å². The highest BCUT2D eigenvalue weighted by Gasteiger charge is 2.70. The first-order valence-corrected chi connectivity index (χ1v) is 22.9. The van der Waals surface area contributed by atoms with E-state index < -0.39 is 29.6 Å². The van der Waals surface area contributed by atoms with Gasteiger partial charge in [0, 0.05) is 57.2 Å². The molecule has 2 saturated carbocycles. The van der Waals surface area contributed by atoms with E-state index in [2.05, 4.69) is 52.1 Å². The predicted octanol–water partition coefficient (Wildman–Crippen LogP) is 3.95. The lowest BCUT2D eigenvalue weighted by Gasteiger charge is -2.36. The number of carbonyl (C=O) groups is 5. The van der Waals surface area contributed by atoms with Crippen LogP contribution in [0.4, 0.5) is 0 Å². The predicted molar refractivity (Wildman–Crippen MR) is 232 cm³/mol. The topological polar surface area (TPSA) is 149 Å². The van der Waals surface area contributed by atoms with Crippen LogP contribution >= 0.6 is 11.8 Å². The van der Waals surface area contributed by atoms with Crippen LogP contribution in [0.1, 0.15) is 76.8 Å². The van der Waals surface area contributed by atoms with Crippen molar-refractivity contribution in [1.29, 1.82) is 0 Å². The number of ether oxygens (including phenoxy) is 1. The van der Waals surface area contributed by atoms with Crippen LogP contribution in [0.2, 0.25) is 0 Å². The normalized spacial score (nSPS) is 29.0. The molecule has 6 rings (SSSR count). The summed E-state index contributed by atoms with van der Waals surface area (Å²) in [5.41, 5.74) is 1.25. The van der Waals surface area contributed by atoms with E-state index in [9.17, 15) is 24.0 Å². The molecule has 4 N–H and O–H groups in total. The van der Waals surface area contributed by atoms with E-state index in [1.54, 1.807) is 35.7 Å². The van der Waals surface area contributed by atoms with Crippen LogP contribution in [0.25, 0.3) is 0 Å². The second-order valence-corrected chi connectivity index (χ2v) is 19.5. The molecule has 1 saturated heterocycles. The van der Waals surface area contributed by atoms with Crippen LogP contribution < -0.4 is 21.3 Å². The van der Waals surface area contributed by atoms with Gasteiger partial charge in [-0.15, -0.1) is 0 Å². The molecule has 8 atom stereocenters. The van der Waals surface area contributed by atoms with Crippen molar-refractivity contribution >= 4 is 41.3 Å². The largest absolute Gasteiger partial charge is 0.376 e. The van der Waals surface area contributed by atoms with Crippen LogP contribution in [0, 0.1) is 23.2 Å². The van der Waals surface area contributed by atoms with E-state index in [0.717, 1.165) is 49.7 Å². The summed E-state index contributed by atoms with van der Waals surface area (Å²) in [6.07, 6.45) is 16.1. The molecule has 1 aromatic carbocycles. The number of nitrogens with one attached hydrogen (secondary N) is 4. The Morgan fingerprint density at radius 2 is 1.85 bits per heavy atom. The number of amides is 5. The number of benzene rings is 1. The Hall–Kier alpha value is -3.94. The number of rotatable bonds is 13. The molecule has 0 aromatic heterocycles. The summed E-state index contributed by atoms with van der Waals surface area (Å²) < 4.78 is 6.32. The summed E-state index contributed by atoms with van der Waals surface area (Å²) in [6.45, 7) is 11.0. The van der Waals surface area contributed by atoms with Gasteiger partial charge in [-0.25, -0.2) is 0 Å². The fourth-order valence-corrected chi connectivity index (χ4v) is 9.92. The molecule has 2 aliphatic heterocycles. The van der Waals surface area contributed by atoms with Crippen molar-refractivity contribution in [3.05, 3.63) is 71.8 Å². The maximum Gasteiger partial charge on any atom is 0.248 e. The molecule has 1 aromatic rings. The lowest BCUT2D eigenvalue weighted by atomic mass is 9.85. The fourth-order valence-electron chi connectivity index (χ4n) is 9.45. The highest BCUT2D eigenvalue weighted by Crippen LogP contribution is 2.64. The minimum Gasteiger partial charge on any atom is -0.376 e.